The average Bonchev–Trinajstić information content (AvgIpc) is 3.27. The first-order valence-electron chi connectivity index (χ1n) is 12.1. The van der Waals surface area contributed by atoms with Crippen molar-refractivity contribution in [2.75, 3.05) is 19.9 Å². The number of thiazole rings is 1. The quantitative estimate of drug-likeness (QED) is 0.311. The molecule has 0 aliphatic carbocycles. The van der Waals surface area contributed by atoms with Crippen molar-refractivity contribution in [2.24, 2.45) is 4.99 Å². The SMILES string of the molecule is COC(=O)Cn1c(=NC(=O)c2ccc(S(=O)(=O)N3CCc4ccccc4C3)cc2)sc2cc(S(C)(=O)=O)ccc21. The number of sulfonamides is 1. The number of aromatic nitrogens is 1. The summed E-state index contributed by atoms with van der Waals surface area (Å²) in [5.41, 5.74) is 2.77. The third-order valence-electron chi connectivity index (χ3n) is 6.63. The molecule has 2 heterocycles. The molecule has 208 valence electrons. The fourth-order valence-corrected chi connectivity index (χ4v) is 7.67. The minimum absolute atomic E-state index is 0.0688. The lowest BCUT2D eigenvalue weighted by atomic mass is 10.0. The number of esters is 1. The summed E-state index contributed by atoms with van der Waals surface area (Å²) in [6.07, 6.45) is 1.71. The van der Waals surface area contributed by atoms with Gasteiger partial charge in [0.2, 0.25) is 10.0 Å². The number of benzene rings is 3. The van der Waals surface area contributed by atoms with Crippen LogP contribution in [-0.4, -0.2) is 57.5 Å². The number of fused-ring (bicyclic) bond motifs is 2. The zero-order valence-electron chi connectivity index (χ0n) is 21.6. The van der Waals surface area contributed by atoms with E-state index in [2.05, 4.69) is 4.99 Å². The largest absolute Gasteiger partial charge is 0.468 e. The number of rotatable bonds is 6. The van der Waals surface area contributed by atoms with E-state index in [1.165, 1.54) is 52.4 Å². The van der Waals surface area contributed by atoms with E-state index in [-0.39, 0.29) is 33.2 Å². The lowest BCUT2D eigenvalue weighted by Crippen LogP contribution is -2.35. The Kier molecular flexibility index (Phi) is 7.48. The van der Waals surface area contributed by atoms with Crippen LogP contribution in [-0.2, 0) is 48.9 Å². The molecule has 5 rings (SSSR count). The van der Waals surface area contributed by atoms with Crippen molar-refractivity contribution < 1.29 is 31.2 Å². The van der Waals surface area contributed by atoms with E-state index in [0.29, 0.717) is 23.2 Å². The molecule has 0 saturated heterocycles. The molecule has 13 heteroatoms. The van der Waals surface area contributed by atoms with E-state index in [1.54, 1.807) is 6.07 Å². The number of carbonyl (C=O) groups is 2. The van der Waals surface area contributed by atoms with Crippen LogP contribution < -0.4 is 4.80 Å². The van der Waals surface area contributed by atoms with Gasteiger partial charge in [-0.15, -0.1) is 0 Å². The van der Waals surface area contributed by atoms with Gasteiger partial charge in [-0.05, 0) is 60.0 Å². The average molecular weight is 600 g/mol. The zero-order chi connectivity index (χ0) is 28.7. The molecule has 40 heavy (non-hydrogen) atoms. The molecule has 0 N–H and O–H groups in total. The monoisotopic (exact) mass is 599 g/mol. The summed E-state index contributed by atoms with van der Waals surface area (Å²) in [5, 5.41) is 0. The summed E-state index contributed by atoms with van der Waals surface area (Å²) < 4.78 is 58.7. The molecule has 1 amide bonds. The van der Waals surface area contributed by atoms with Crippen molar-refractivity contribution in [3.63, 3.8) is 0 Å². The van der Waals surface area contributed by atoms with Crippen LogP contribution in [0.1, 0.15) is 21.5 Å². The zero-order valence-corrected chi connectivity index (χ0v) is 24.1. The highest BCUT2D eigenvalue weighted by Crippen LogP contribution is 2.26. The highest BCUT2D eigenvalue weighted by atomic mass is 32.2. The Morgan fingerprint density at radius 2 is 1.62 bits per heavy atom. The van der Waals surface area contributed by atoms with Crippen molar-refractivity contribution in [3.8, 4) is 0 Å². The van der Waals surface area contributed by atoms with Crippen LogP contribution in [0.15, 0.2) is 81.5 Å². The van der Waals surface area contributed by atoms with Gasteiger partial charge in [0.25, 0.3) is 5.91 Å². The molecule has 4 aromatic rings. The van der Waals surface area contributed by atoms with Gasteiger partial charge in [0, 0.05) is 24.9 Å². The summed E-state index contributed by atoms with van der Waals surface area (Å²) in [4.78, 5) is 29.7. The number of ether oxygens (including phenoxy) is 1. The van der Waals surface area contributed by atoms with Crippen molar-refractivity contribution >= 4 is 53.3 Å². The molecule has 0 fully saturated rings. The molecular weight excluding hydrogens is 575 g/mol. The number of hydrogen-bond acceptors (Lipinski definition) is 8. The number of carbonyl (C=O) groups excluding carboxylic acids is 2. The van der Waals surface area contributed by atoms with E-state index >= 15 is 0 Å². The molecule has 0 spiro atoms. The standard InChI is InChI=1S/C27H25N3O7S3/c1-37-25(31)17-30-23-12-11-22(39(2,33)34)15-24(23)38-27(30)28-26(32)19-7-9-21(10-8-19)40(35,36)29-14-13-18-5-3-4-6-20(18)16-29/h3-12,15H,13-14,16-17H2,1-2H3. The number of sulfone groups is 1. The maximum Gasteiger partial charge on any atom is 0.325 e. The van der Waals surface area contributed by atoms with E-state index in [0.717, 1.165) is 28.7 Å². The molecule has 0 saturated carbocycles. The Morgan fingerprint density at radius 1 is 0.950 bits per heavy atom. The van der Waals surface area contributed by atoms with Crippen LogP contribution in [0.3, 0.4) is 0 Å². The molecular formula is C27H25N3O7S3. The van der Waals surface area contributed by atoms with Crippen LogP contribution >= 0.6 is 11.3 Å². The summed E-state index contributed by atoms with van der Waals surface area (Å²) in [5.74, 6) is -1.22. The normalized spacial score (nSPS) is 14.7. The Morgan fingerprint density at radius 3 is 2.30 bits per heavy atom. The van der Waals surface area contributed by atoms with Gasteiger partial charge in [-0.25, -0.2) is 16.8 Å². The van der Waals surface area contributed by atoms with E-state index in [4.69, 9.17) is 4.74 Å². The van der Waals surface area contributed by atoms with E-state index in [9.17, 15) is 26.4 Å². The van der Waals surface area contributed by atoms with Crippen LogP contribution in [0.4, 0.5) is 0 Å². The molecule has 0 unspecified atom stereocenters. The van der Waals surface area contributed by atoms with E-state index < -0.39 is 31.7 Å². The molecule has 3 aromatic carbocycles. The molecule has 0 atom stereocenters. The number of hydrogen-bond donors (Lipinski definition) is 0. The van der Waals surface area contributed by atoms with Gasteiger partial charge in [-0.3, -0.25) is 9.59 Å². The third-order valence-corrected chi connectivity index (χ3v) is 10.6. The Hall–Kier alpha value is -3.65. The first-order chi connectivity index (χ1) is 19.0. The fourth-order valence-electron chi connectivity index (χ4n) is 4.46. The first kappa shape index (κ1) is 27.9. The molecule has 1 aromatic heterocycles. The van der Waals surface area contributed by atoms with Crippen LogP contribution in [0.5, 0.6) is 0 Å². The van der Waals surface area contributed by atoms with Gasteiger partial charge in [-0.2, -0.15) is 9.30 Å². The highest BCUT2D eigenvalue weighted by molar-refractivity contribution is 7.90. The molecule has 1 aliphatic heterocycles. The molecule has 0 radical (unpaired) electrons. The van der Waals surface area contributed by atoms with Gasteiger partial charge < -0.3 is 9.30 Å². The van der Waals surface area contributed by atoms with Crippen molar-refractivity contribution in [1.29, 1.82) is 0 Å². The fraction of sp³-hybridized carbons (Fsp3) is 0.222. The second kappa shape index (κ2) is 10.7. The van der Waals surface area contributed by atoms with Crippen molar-refractivity contribution in [1.82, 2.24) is 8.87 Å². The minimum Gasteiger partial charge on any atom is -0.468 e. The Balaban J connectivity index is 1.46. The Bertz CT molecular complexity index is 1920. The van der Waals surface area contributed by atoms with E-state index in [1.807, 2.05) is 24.3 Å². The molecule has 1 aliphatic rings. The number of nitrogens with zero attached hydrogens (tertiary/aromatic N) is 3. The summed E-state index contributed by atoms with van der Waals surface area (Å²) in [6, 6.07) is 17.7. The van der Waals surface area contributed by atoms with Gasteiger partial charge >= 0.3 is 5.97 Å². The predicted molar refractivity (Wildman–Crippen MR) is 149 cm³/mol. The van der Waals surface area contributed by atoms with Gasteiger partial charge in [0.15, 0.2) is 14.6 Å². The molecule has 10 nitrogen and oxygen atoms in total. The van der Waals surface area contributed by atoms with Crippen molar-refractivity contribution in [3.05, 3.63) is 88.2 Å². The van der Waals surface area contributed by atoms with Crippen LogP contribution in [0.2, 0.25) is 0 Å². The second-order valence-electron chi connectivity index (χ2n) is 9.25. The summed E-state index contributed by atoms with van der Waals surface area (Å²) in [6.45, 7) is 0.404. The van der Waals surface area contributed by atoms with Gasteiger partial charge in [0.05, 0.1) is 27.1 Å². The maximum atomic E-state index is 13.3. The minimum atomic E-state index is -3.77. The van der Waals surface area contributed by atoms with Gasteiger partial charge in [0.1, 0.15) is 6.54 Å². The lowest BCUT2D eigenvalue weighted by Gasteiger charge is -2.28. The Labute approximate surface area is 235 Å². The van der Waals surface area contributed by atoms with Gasteiger partial charge in [-0.1, -0.05) is 35.6 Å². The maximum absolute atomic E-state index is 13.3. The second-order valence-corrected chi connectivity index (χ2v) is 14.2. The topological polar surface area (TPSA) is 132 Å². The summed E-state index contributed by atoms with van der Waals surface area (Å²) >= 11 is 1.05. The lowest BCUT2D eigenvalue weighted by molar-refractivity contribution is -0.141. The highest BCUT2D eigenvalue weighted by Gasteiger charge is 2.28. The third kappa shape index (κ3) is 5.50. The predicted octanol–water partition coefficient (Wildman–Crippen LogP) is 2.77. The number of amides is 1. The summed E-state index contributed by atoms with van der Waals surface area (Å²) in [7, 11) is -6.01. The van der Waals surface area contributed by atoms with Crippen LogP contribution in [0.25, 0.3) is 10.2 Å². The molecule has 0 bridgehead atoms. The number of methoxy groups -OCH3 is 1. The van der Waals surface area contributed by atoms with Crippen molar-refractivity contribution in [2.45, 2.75) is 29.3 Å². The van der Waals surface area contributed by atoms with Crippen LogP contribution in [0, 0.1) is 0 Å². The smallest absolute Gasteiger partial charge is 0.325 e. The first-order valence-corrected chi connectivity index (χ1v) is 16.3.